The Labute approximate surface area is 161 Å². The molecule has 27 heavy (non-hydrogen) atoms. The van der Waals surface area contributed by atoms with Gasteiger partial charge in [-0.3, -0.25) is 19.3 Å². The van der Waals surface area contributed by atoms with Crippen LogP contribution in [0.25, 0.3) is 0 Å². The van der Waals surface area contributed by atoms with Crippen LogP contribution < -0.4 is 4.72 Å². The highest BCUT2D eigenvalue weighted by molar-refractivity contribution is 7.90. The zero-order valence-electron chi connectivity index (χ0n) is 14.4. The van der Waals surface area contributed by atoms with Gasteiger partial charge >= 0.3 is 5.97 Å². The number of rotatable bonds is 8. The second-order valence-corrected chi connectivity index (χ2v) is 8.41. The Balaban J connectivity index is 1.41. The summed E-state index contributed by atoms with van der Waals surface area (Å²) in [4.78, 5) is 28.6. The van der Waals surface area contributed by atoms with Gasteiger partial charge in [0.25, 0.3) is 10.0 Å². The number of carbonyl (C=O) groups excluding carboxylic acids is 2. The van der Waals surface area contributed by atoms with Gasteiger partial charge in [-0.25, -0.2) is 8.42 Å². The number of Topliss-reactive ketones (excluding diaryl/α,β-unsaturated/α-hetero) is 1. The van der Waals surface area contributed by atoms with Crippen molar-refractivity contribution in [2.45, 2.75) is 24.2 Å². The van der Waals surface area contributed by atoms with Gasteiger partial charge in [-0.1, -0.05) is 18.2 Å². The van der Waals surface area contributed by atoms with E-state index in [0.717, 1.165) is 0 Å². The molecule has 2 heterocycles. The summed E-state index contributed by atoms with van der Waals surface area (Å²) in [5.74, 6) is -0.156. The maximum atomic E-state index is 12.0. The van der Waals surface area contributed by atoms with Crippen LogP contribution in [0.4, 0.5) is 0 Å². The number of fused-ring (bicyclic) bond motifs is 1. The summed E-state index contributed by atoms with van der Waals surface area (Å²) < 4.78 is 31.4. The van der Waals surface area contributed by atoms with Crippen molar-refractivity contribution in [3.63, 3.8) is 0 Å². The average Bonchev–Trinajstić information content (AvgIpc) is 3.26. The number of hydrogen-bond acceptors (Lipinski definition) is 7. The Morgan fingerprint density at radius 2 is 1.93 bits per heavy atom. The van der Waals surface area contributed by atoms with Gasteiger partial charge in [-0.15, -0.1) is 11.3 Å². The minimum absolute atomic E-state index is 0.0340. The normalized spacial score (nSPS) is 15.9. The van der Waals surface area contributed by atoms with E-state index in [9.17, 15) is 18.0 Å². The molecule has 1 aliphatic rings. The quantitative estimate of drug-likeness (QED) is 0.412. The molecule has 0 radical (unpaired) electrons. The summed E-state index contributed by atoms with van der Waals surface area (Å²) >= 11 is 1.39. The van der Waals surface area contributed by atoms with Crippen LogP contribution in [0.3, 0.4) is 0 Å². The number of ketones is 1. The van der Waals surface area contributed by atoms with Crippen molar-refractivity contribution in [1.29, 1.82) is 0 Å². The van der Waals surface area contributed by atoms with E-state index in [-0.39, 0.29) is 36.1 Å². The maximum absolute atomic E-state index is 12.0. The van der Waals surface area contributed by atoms with Crippen LogP contribution in [0.5, 0.6) is 0 Å². The molecule has 0 unspecified atom stereocenters. The van der Waals surface area contributed by atoms with Crippen molar-refractivity contribution in [1.82, 2.24) is 4.72 Å². The molecule has 0 fully saturated rings. The summed E-state index contributed by atoms with van der Waals surface area (Å²) in [6.07, 6.45) is 0.824. The third kappa shape index (κ3) is 4.81. The first-order valence-electron chi connectivity index (χ1n) is 8.36. The summed E-state index contributed by atoms with van der Waals surface area (Å²) in [6.45, 7) is 0.279. The Kier molecular flexibility index (Phi) is 6.02. The van der Waals surface area contributed by atoms with E-state index < -0.39 is 16.0 Å². The highest BCUT2D eigenvalue weighted by Gasteiger charge is 2.29. The Hall–Kier alpha value is -2.52. The Morgan fingerprint density at radius 1 is 1.11 bits per heavy atom. The highest BCUT2D eigenvalue weighted by atomic mass is 32.2. The fourth-order valence-corrected chi connectivity index (χ4v) is 4.51. The number of aliphatic imine (C=N–C) groups is 1. The standard InChI is InChI=1S/C18H18N2O5S2/c21-14(15-7-4-12-26-15)6-3-11-25-17(22)9-10-19-18-13-5-1-2-8-16(13)27(23,24)20-18/h1-2,4-5,7-8,12H,3,6,9-11H2,(H,19,20). The molecule has 2 aromatic rings. The predicted molar refractivity (Wildman–Crippen MR) is 102 cm³/mol. The lowest BCUT2D eigenvalue weighted by atomic mass is 10.2. The molecule has 0 saturated carbocycles. The van der Waals surface area contributed by atoms with Gasteiger partial charge in [0.15, 0.2) is 5.78 Å². The van der Waals surface area contributed by atoms with Gasteiger partial charge in [0.05, 0.1) is 29.3 Å². The maximum Gasteiger partial charge on any atom is 0.307 e. The molecule has 0 atom stereocenters. The third-order valence-electron chi connectivity index (χ3n) is 3.86. The van der Waals surface area contributed by atoms with Gasteiger partial charge in [0.1, 0.15) is 5.84 Å². The summed E-state index contributed by atoms with van der Waals surface area (Å²) in [5.41, 5.74) is 0.498. The molecule has 142 valence electrons. The number of amidine groups is 1. The first kappa shape index (κ1) is 19.2. The van der Waals surface area contributed by atoms with Crippen molar-refractivity contribution in [3.8, 4) is 0 Å². The van der Waals surface area contributed by atoms with Crippen LogP contribution in [-0.4, -0.2) is 39.2 Å². The van der Waals surface area contributed by atoms with E-state index in [1.807, 2.05) is 11.4 Å². The zero-order valence-corrected chi connectivity index (χ0v) is 16.0. The number of nitrogens with zero attached hydrogens (tertiary/aromatic N) is 1. The number of thiophene rings is 1. The van der Waals surface area contributed by atoms with E-state index in [0.29, 0.717) is 23.3 Å². The number of esters is 1. The predicted octanol–water partition coefficient (Wildman–Crippen LogP) is 2.38. The summed E-state index contributed by atoms with van der Waals surface area (Å²) in [6, 6.07) is 10.1. The number of carbonyl (C=O) groups is 2. The van der Waals surface area contributed by atoms with Gasteiger partial charge in [-0.05, 0) is 30.0 Å². The van der Waals surface area contributed by atoms with Crippen molar-refractivity contribution < 1.29 is 22.7 Å². The highest BCUT2D eigenvalue weighted by Crippen LogP contribution is 2.22. The lowest BCUT2D eigenvalue weighted by Crippen LogP contribution is -2.22. The first-order valence-corrected chi connectivity index (χ1v) is 10.7. The SMILES string of the molecule is O=C(CCN=C1NS(=O)(=O)c2ccccc21)OCCCC(=O)c1cccs1. The molecule has 1 aromatic heterocycles. The fourth-order valence-electron chi connectivity index (χ4n) is 2.56. The lowest BCUT2D eigenvalue weighted by Gasteiger charge is -2.04. The molecule has 9 heteroatoms. The molecule has 0 bridgehead atoms. The number of nitrogens with one attached hydrogen (secondary N) is 1. The molecule has 3 rings (SSSR count). The monoisotopic (exact) mass is 406 g/mol. The van der Waals surface area contributed by atoms with Crippen LogP contribution in [0, 0.1) is 0 Å². The molecular formula is C18H18N2O5S2. The Morgan fingerprint density at radius 3 is 2.70 bits per heavy atom. The molecule has 1 aromatic carbocycles. The number of benzene rings is 1. The van der Waals surface area contributed by atoms with E-state index in [2.05, 4.69) is 9.71 Å². The minimum Gasteiger partial charge on any atom is -0.466 e. The van der Waals surface area contributed by atoms with Gasteiger partial charge in [0.2, 0.25) is 0 Å². The van der Waals surface area contributed by atoms with Crippen LogP contribution in [0.2, 0.25) is 0 Å². The van der Waals surface area contributed by atoms with Crippen LogP contribution in [-0.2, 0) is 19.6 Å². The van der Waals surface area contributed by atoms with Crippen LogP contribution in [0.1, 0.15) is 34.5 Å². The van der Waals surface area contributed by atoms with Crippen LogP contribution >= 0.6 is 11.3 Å². The smallest absolute Gasteiger partial charge is 0.307 e. The average molecular weight is 406 g/mol. The Bertz CT molecular complexity index is 965. The largest absolute Gasteiger partial charge is 0.466 e. The second-order valence-electron chi connectivity index (χ2n) is 5.81. The second kappa shape index (κ2) is 8.45. The number of ether oxygens (including phenoxy) is 1. The van der Waals surface area contributed by atoms with Gasteiger partial charge in [-0.2, -0.15) is 0 Å². The molecule has 1 N–H and O–H groups in total. The van der Waals surface area contributed by atoms with Gasteiger partial charge < -0.3 is 4.74 Å². The summed E-state index contributed by atoms with van der Waals surface area (Å²) in [7, 11) is -3.58. The molecule has 1 aliphatic heterocycles. The lowest BCUT2D eigenvalue weighted by molar-refractivity contribution is -0.143. The first-order chi connectivity index (χ1) is 13.0. The fraction of sp³-hybridized carbons (Fsp3) is 0.278. The molecular weight excluding hydrogens is 388 g/mol. The molecule has 0 saturated heterocycles. The number of sulfonamides is 1. The van der Waals surface area contributed by atoms with Gasteiger partial charge in [0, 0.05) is 12.0 Å². The van der Waals surface area contributed by atoms with Crippen molar-refractivity contribution in [2.24, 2.45) is 4.99 Å². The third-order valence-corrected chi connectivity index (χ3v) is 6.16. The molecule has 0 aliphatic carbocycles. The minimum atomic E-state index is -3.58. The topological polar surface area (TPSA) is 102 Å². The summed E-state index contributed by atoms with van der Waals surface area (Å²) in [5, 5.41) is 1.84. The van der Waals surface area contributed by atoms with E-state index in [1.165, 1.54) is 17.4 Å². The van der Waals surface area contributed by atoms with E-state index in [4.69, 9.17) is 4.74 Å². The van der Waals surface area contributed by atoms with Crippen LogP contribution in [0.15, 0.2) is 51.7 Å². The molecule has 0 spiro atoms. The van der Waals surface area contributed by atoms with E-state index in [1.54, 1.807) is 24.3 Å². The number of hydrogen-bond donors (Lipinski definition) is 1. The van der Waals surface area contributed by atoms with E-state index >= 15 is 0 Å². The van der Waals surface area contributed by atoms with Crippen molar-refractivity contribution in [2.75, 3.05) is 13.2 Å². The van der Waals surface area contributed by atoms with Crippen molar-refractivity contribution in [3.05, 3.63) is 52.2 Å². The molecule has 7 nitrogen and oxygen atoms in total. The zero-order chi connectivity index (χ0) is 19.3. The van der Waals surface area contributed by atoms with Crippen molar-refractivity contribution >= 4 is 38.9 Å². The molecule has 0 amide bonds.